The van der Waals surface area contributed by atoms with E-state index in [1.165, 1.54) is 0 Å². The Balaban J connectivity index is 1.41. The molecule has 8 heteroatoms. The number of fused-ring (bicyclic) bond motifs is 2. The Morgan fingerprint density at radius 2 is 1.96 bits per heavy atom. The summed E-state index contributed by atoms with van der Waals surface area (Å²) in [6.45, 7) is 4.51. The van der Waals surface area contributed by atoms with Gasteiger partial charge in [0.05, 0.1) is 11.0 Å². The van der Waals surface area contributed by atoms with Crippen LogP contribution in [0.5, 0.6) is 0 Å². The van der Waals surface area contributed by atoms with E-state index in [1.807, 2.05) is 6.07 Å². The van der Waals surface area contributed by atoms with Gasteiger partial charge in [0.25, 0.3) is 0 Å². The molecule has 1 aromatic rings. The van der Waals surface area contributed by atoms with Gasteiger partial charge in [-0.05, 0) is 37.8 Å². The minimum atomic E-state index is -3.53. The number of carbonyl (C=O) groups is 1. The largest absolute Gasteiger partial charge is 0.365 e. The van der Waals surface area contributed by atoms with Crippen molar-refractivity contribution >= 4 is 15.9 Å². The molecule has 5 atom stereocenters. The highest BCUT2D eigenvalue weighted by Gasteiger charge is 2.44. The van der Waals surface area contributed by atoms with Gasteiger partial charge >= 0.3 is 0 Å². The summed E-state index contributed by atoms with van der Waals surface area (Å²) in [5.74, 6) is -0.0743. The lowest BCUT2D eigenvalue weighted by Gasteiger charge is -2.39. The summed E-state index contributed by atoms with van der Waals surface area (Å²) in [6.07, 6.45) is 3.25. The van der Waals surface area contributed by atoms with E-state index < -0.39 is 10.0 Å². The first-order valence-corrected chi connectivity index (χ1v) is 11.7. The molecule has 0 aromatic heterocycles. The number of amides is 1. The number of nitrogens with zero attached hydrogens (tertiary/aromatic N) is 2. The van der Waals surface area contributed by atoms with Crippen LogP contribution in [-0.4, -0.2) is 74.0 Å². The summed E-state index contributed by atoms with van der Waals surface area (Å²) in [5, 5.41) is 3.01. The van der Waals surface area contributed by atoms with Crippen LogP contribution in [0.25, 0.3) is 0 Å². The number of benzene rings is 1. The molecule has 154 valence electrons. The van der Waals surface area contributed by atoms with E-state index in [2.05, 4.69) is 17.1 Å². The van der Waals surface area contributed by atoms with Crippen LogP contribution >= 0.6 is 0 Å². The maximum atomic E-state index is 13.1. The summed E-state index contributed by atoms with van der Waals surface area (Å²) in [5.41, 5.74) is 0. The summed E-state index contributed by atoms with van der Waals surface area (Å²) >= 11 is 0. The smallest absolute Gasteiger partial charge is 0.249 e. The molecule has 1 amide bonds. The van der Waals surface area contributed by atoms with Crippen molar-refractivity contribution in [1.29, 1.82) is 0 Å². The molecule has 0 spiro atoms. The minimum Gasteiger partial charge on any atom is -0.365 e. The first kappa shape index (κ1) is 19.8. The number of rotatable bonds is 6. The Labute approximate surface area is 167 Å². The fraction of sp³-hybridized carbons (Fsp3) is 0.650. The topological polar surface area (TPSA) is 79.0 Å². The molecule has 0 saturated carbocycles. The van der Waals surface area contributed by atoms with E-state index in [0.717, 1.165) is 38.8 Å². The molecule has 1 unspecified atom stereocenters. The third-order valence-electron chi connectivity index (χ3n) is 6.23. The van der Waals surface area contributed by atoms with Crippen LogP contribution in [0.15, 0.2) is 35.2 Å². The van der Waals surface area contributed by atoms with Crippen molar-refractivity contribution in [3.63, 3.8) is 0 Å². The predicted octanol–water partition coefficient (Wildman–Crippen LogP) is 1.21. The Morgan fingerprint density at radius 3 is 2.68 bits per heavy atom. The van der Waals surface area contributed by atoms with Crippen LogP contribution in [0.1, 0.15) is 32.6 Å². The van der Waals surface area contributed by atoms with E-state index in [4.69, 9.17) is 4.74 Å². The highest BCUT2D eigenvalue weighted by atomic mass is 32.2. The first-order valence-electron chi connectivity index (χ1n) is 10.2. The first-order chi connectivity index (χ1) is 13.5. The molecule has 0 aliphatic carbocycles. The average molecular weight is 408 g/mol. The molecule has 2 bridgehead atoms. The highest BCUT2D eigenvalue weighted by Crippen LogP contribution is 2.30. The third kappa shape index (κ3) is 3.83. The number of sulfonamides is 1. The highest BCUT2D eigenvalue weighted by molar-refractivity contribution is 7.89. The number of ether oxygens (including phenoxy) is 1. The quantitative estimate of drug-likeness (QED) is 0.767. The van der Waals surface area contributed by atoms with Gasteiger partial charge < -0.3 is 10.1 Å². The second kappa shape index (κ2) is 8.10. The van der Waals surface area contributed by atoms with E-state index in [1.54, 1.807) is 28.6 Å². The van der Waals surface area contributed by atoms with E-state index >= 15 is 0 Å². The summed E-state index contributed by atoms with van der Waals surface area (Å²) in [4.78, 5) is 15.1. The number of nitrogens with one attached hydrogen (secondary N) is 1. The van der Waals surface area contributed by atoms with Gasteiger partial charge in [0, 0.05) is 38.3 Å². The number of hydrogen-bond donors (Lipinski definition) is 1. The summed E-state index contributed by atoms with van der Waals surface area (Å²) in [7, 11) is -3.53. The zero-order valence-electron chi connectivity index (χ0n) is 16.3. The Hall–Kier alpha value is -1.48. The second-order valence-corrected chi connectivity index (χ2v) is 9.85. The molecule has 28 heavy (non-hydrogen) atoms. The number of piperazine rings is 1. The molecule has 0 radical (unpaired) electrons. The van der Waals surface area contributed by atoms with Gasteiger partial charge in [0.15, 0.2) is 0 Å². The van der Waals surface area contributed by atoms with Crippen LogP contribution in [0.3, 0.4) is 0 Å². The van der Waals surface area contributed by atoms with Crippen LogP contribution < -0.4 is 5.32 Å². The van der Waals surface area contributed by atoms with Gasteiger partial charge in [-0.1, -0.05) is 25.1 Å². The maximum Gasteiger partial charge on any atom is 0.249 e. The molecule has 4 rings (SSSR count). The van der Waals surface area contributed by atoms with E-state index in [9.17, 15) is 13.2 Å². The van der Waals surface area contributed by atoms with Gasteiger partial charge in [-0.2, -0.15) is 4.31 Å². The lowest BCUT2D eigenvalue weighted by atomic mass is 10.1. The predicted molar refractivity (Wildman–Crippen MR) is 105 cm³/mol. The molecule has 3 aliphatic heterocycles. The normalized spacial score (nSPS) is 33.1. The van der Waals surface area contributed by atoms with E-state index in [-0.39, 0.29) is 30.2 Å². The van der Waals surface area contributed by atoms with Crippen LogP contribution in [0.2, 0.25) is 0 Å². The lowest BCUT2D eigenvalue weighted by Crippen LogP contribution is -2.58. The van der Waals surface area contributed by atoms with Crippen molar-refractivity contribution < 1.29 is 17.9 Å². The molecular weight excluding hydrogens is 378 g/mol. The second-order valence-electron chi connectivity index (χ2n) is 7.96. The number of carbonyl (C=O) groups excluding carboxylic acids is 1. The molecule has 7 nitrogen and oxygen atoms in total. The van der Waals surface area contributed by atoms with Crippen LogP contribution in [0.4, 0.5) is 0 Å². The molecule has 1 aromatic carbocycles. The molecule has 3 saturated heterocycles. The average Bonchev–Trinajstić information content (AvgIpc) is 3.35. The Kier molecular flexibility index (Phi) is 5.73. The third-order valence-corrected chi connectivity index (χ3v) is 8.16. The van der Waals surface area contributed by atoms with Gasteiger partial charge in [0.1, 0.15) is 6.10 Å². The van der Waals surface area contributed by atoms with Crippen LogP contribution in [0, 0.1) is 0 Å². The van der Waals surface area contributed by atoms with Crippen LogP contribution in [-0.2, 0) is 19.6 Å². The van der Waals surface area contributed by atoms with Crippen molar-refractivity contribution in [2.45, 2.75) is 61.8 Å². The Bertz CT molecular complexity index is 801. The van der Waals surface area contributed by atoms with Gasteiger partial charge in [-0.3, -0.25) is 9.69 Å². The van der Waals surface area contributed by atoms with Crippen molar-refractivity contribution in [3.05, 3.63) is 30.3 Å². The molecule has 3 heterocycles. The van der Waals surface area contributed by atoms with Gasteiger partial charge in [0.2, 0.25) is 15.9 Å². The van der Waals surface area contributed by atoms with Gasteiger partial charge in [-0.25, -0.2) is 8.42 Å². The Morgan fingerprint density at radius 1 is 1.18 bits per heavy atom. The standard InChI is InChI=1S/C20H29N3O4S/c1-2-17-8-9-19(27-17)20(24)21-12-16-14-23(15-10-11-22(16)13-15)28(25,26)18-6-4-3-5-7-18/h3-7,15-17,19H,2,8-14H2,1H3,(H,21,24)/t15-,16-,17+,19+/m0/s1. The lowest BCUT2D eigenvalue weighted by molar-refractivity contribution is -0.132. The maximum absolute atomic E-state index is 13.1. The summed E-state index contributed by atoms with van der Waals surface area (Å²) in [6, 6.07) is 8.62. The fourth-order valence-corrected chi connectivity index (χ4v) is 6.26. The fourth-order valence-electron chi connectivity index (χ4n) is 4.55. The zero-order chi connectivity index (χ0) is 19.7. The van der Waals surface area contributed by atoms with Crippen molar-refractivity contribution in [3.8, 4) is 0 Å². The SMILES string of the molecule is CC[C@@H]1CC[C@H](C(=O)NC[C@H]2CN(S(=O)(=O)c3ccccc3)[C@H]3CCN2C3)O1. The zero-order valence-corrected chi connectivity index (χ0v) is 17.1. The molecule has 3 aliphatic rings. The molecular formula is C20H29N3O4S. The number of hydrogen-bond acceptors (Lipinski definition) is 5. The molecule has 1 N–H and O–H groups in total. The van der Waals surface area contributed by atoms with E-state index in [0.29, 0.717) is 18.0 Å². The van der Waals surface area contributed by atoms with Crippen molar-refractivity contribution in [1.82, 2.24) is 14.5 Å². The van der Waals surface area contributed by atoms with Gasteiger partial charge in [-0.15, -0.1) is 0 Å². The minimum absolute atomic E-state index is 0.00966. The van der Waals surface area contributed by atoms with Crippen molar-refractivity contribution in [2.75, 3.05) is 26.2 Å². The summed E-state index contributed by atoms with van der Waals surface area (Å²) < 4.78 is 33.7. The van der Waals surface area contributed by atoms with Crippen molar-refractivity contribution in [2.24, 2.45) is 0 Å². The monoisotopic (exact) mass is 407 g/mol. The molecule has 3 fully saturated rings.